The third-order valence-electron chi connectivity index (χ3n) is 2.07. The van der Waals surface area contributed by atoms with E-state index >= 15 is 0 Å². The van der Waals surface area contributed by atoms with Gasteiger partial charge in [0.25, 0.3) is 0 Å². The number of nitrogens with one attached hydrogen (secondary N) is 1. The van der Waals surface area contributed by atoms with E-state index in [0.29, 0.717) is 0 Å². The number of rotatable bonds is 0. The smallest absolute Gasteiger partial charge is 0.103 e. The van der Waals surface area contributed by atoms with Crippen molar-refractivity contribution in [1.29, 1.82) is 0 Å². The van der Waals surface area contributed by atoms with Gasteiger partial charge in [-0.25, -0.2) is 0 Å². The van der Waals surface area contributed by atoms with Crippen LogP contribution in [0.1, 0.15) is 5.56 Å². The molecule has 0 bridgehead atoms. The molecule has 0 unspecified atom stereocenters. The van der Waals surface area contributed by atoms with E-state index < -0.39 is 0 Å². The first-order valence-corrected chi connectivity index (χ1v) is 4.47. The predicted octanol–water partition coefficient (Wildman–Crippen LogP) is 2.79. The maximum atomic E-state index is 5.67. The first kappa shape index (κ1) is 8.26. The number of aromatic amines is 1. The molecule has 2 aromatic rings. The van der Waals surface area contributed by atoms with Crippen LogP contribution in [0.15, 0.2) is 24.3 Å². The lowest BCUT2D eigenvalue weighted by molar-refractivity contribution is 1.34. The fourth-order valence-electron chi connectivity index (χ4n) is 1.45. The Balaban J connectivity index is 2.94. The molecule has 13 heavy (non-hydrogen) atoms. The predicted molar refractivity (Wildman–Crippen MR) is 58.3 cm³/mol. The number of benzene rings is 1. The lowest BCUT2D eigenvalue weighted by Crippen LogP contribution is -1.88. The minimum atomic E-state index is 0.746. The average Bonchev–Trinajstić information content (AvgIpc) is 2.02. The molecule has 0 saturated carbocycles. The molecule has 0 spiro atoms. The Bertz CT molecular complexity index is 514. The summed E-state index contributed by atoms with van der Waals surface area (Å²) in [6.07, 6.45) is 0. The number of fused-ring (bicyclic) bond motifs is 1. The van der Waals surface area contributed by atoms with Gasteiger partial charge in [-0.3, -0.25) is 0 Å². The van der Waals surface area contributed by atoms with Crippen molar-refractivity contribution in [3.63, 3.8) is 0 Å². The van der Waals surface area contributed by atoms with Gasteiger partial charge in [-0.15, -0.1) is 0 Å². The van der Waals surface area contributed by atoms with Crippen LogP contribution in [0.4, 0.5) is 5.69 Å². The zero-order valence-electron chi connectivity index (χ0n) is 7.29. The van der Waals surface area contributed by atoms with Crippen LogP contribution in [0.2, 0.25) is 0 Å². The number of hydrogen-bond acceptors (Lipinski definition) is 2. The second-order valence-electron chi connectivity index (χ2n) is 3.12. The molecule has 1 heterocycles. The van der Waals surface area contributed by atoms with E-state index in [1.54, 1.807) is 0 Å². The Hall–Kier alpha value is -1.35. The lowest BCUT2D eigenvalue weighted by atomic mass is 10.1. The highest BCUT2D eigenvalue weighted by atomic mass is 32.1. The minimum absolute atomic E-state index is 0.746. The minimum Gasteiger partial charge on any atom is -0.399 e. The Morgan fingerprint density at radius 3 is 2.85 bits per heavy atom. The Labute approximate surface area is 81.4 Å². The summed E-state index contributed by atoms with van der Waals surface area (Å²) in [4.78, 5) is 3.11. The maximum absolute atomic E-state index is 5.67. The molecular formula is C10H10N2S. The van der Waals surface area contributed by atoms with Gasteiger partial charge in [0.1, 0.15) is 4.64 Å². The normalized spacial score (nSPS) is 10.5. The number of nitrogen functional groups attached to an aromatic ring is 1. The molecule has 2 rings (SSSR count). The highest BCUT2D eigenvalue weighted by Gasteiger charge is 1.97. The molecule has 66 valence electrons. The summed E-state index contributed by atoms with van der Waals surface area (Å²) in [5, 5.41) is 1.17. The lowest BCUT2D eigenvalue weighted by Gasteiger charge is -2.02. The highest BCUT2D eigenvalue weighted by Crippen LogP contribution is 2.18. The van der Waals surface area contributed by atoms with Crippen LogP contribution in [-0.2, 0) is 0 Å². The van der Waals surface area contributed by atoms with Gasteiger partial charge in [0, 0.05) is 16.6 Å². The van der Waals surface area contributed by atoms with Crippen LogP contribution in [0, 0.1) is 11.6 Å². The highest BCUT2D eigenvalue weighted by molar-refractivity contribution is 7.71. The summed E-state index contributed by atoms with van der Waals surface area (Å²) in [6.45, 7) is 2.04. The molecule has 0 atom stereocenters. The summed E-state index contributed by atoms with van der Waals surface area (Å²) >= 11 is 5.07. The van der Waals surface area contributed by atoms with Crippen LogP contribution in [0.3, 0.4) is 0 Å². The zero-order chi connectivity index (χ0) is 9.42. The van der Waals surface area contributed by atoms with Gasteiger partial charge in [0.15, 0.2) is 0 Å². The number of nitrogens with two attached hydrogens (primary N) is 1. The van der Waals surface area contributed by atoms with Crippen molar-refractivity contribution in [3.8, 4) is 0 Å². The molecule has 3 heteroatoms. The zero-order valence-corrected chi connectivity index (χ0v) is 8.11. The van der Waals surface area contributed by atoms with Crippen molar-refractivity contribution in [1.82, 2.24) is 4.98 Å². The summed E-state index contributed by atoms with van der Waals surface area (Å²) < 4.78 is 0.746. The van der Waals surface area contributed by atoms with E-state index in [0.717, 1.165) is 15.8 Å². The van der Waals surface area contributed by atoms with Gasteiger partial charge in [-0.05, 0) is 30.7 Å². The van der Waals surface area contributed by atoms with Crippen LogP contribution in [-0.4, -0.2) is 4.98 Å². The Morgan fingerprint density at radius 1 is 1.31 bits per heavy atom. The molecule has 0 amide bonds. The standard InChI is InChI=1S/C10H10N2S/c1-6-4-10(13)12-9-5-7(11)2-3-8(6)9/h2-5H,11H2,1H3,(H,12,13). The maximum Gasteiger partial charge on any atom is 0.103 e. The van der Waals surface area contributed by atoms with Crippen molar-refractivity contribution in [2.24, 2.45) is 0 Å². The monoisotopic (exact) mass is 190 g/mol. The van der Waals surface area contributed by atoms with Crippen molar-refractivity contribution in [2.45, 2.75) is 6.92 Å². The van der Waals surface area contributed by atoms with Gasteiger partial charge in [0.05, 0.1) is 0 Å². The van der Waals surface area contributed by atoms with Gasteiger partial charge >= 0.3 is 0 Å². The molecule has 0 radical (unpaired) electrons. The topological polar surface area (TPSA) is 41.8 Å². The molecule has 3 N–H and O–H groups in total. The third-order valence-corrected chi connectivity index (χ3v) is 2.29. The van der Waals surface area contributed by atoms with Gasteiger partial charge in [0.2, 0.25) is 0 Å². The molecule has 1 aromatic heterocycles. The van der Waals surface area contributed by atoms with E-state index in [4.69, 9.17) is 18.0 Å². The van der Waals surface area contributed by atoms with Crippen molar-refractivity contribution >= 4 is 28.8 Å². The quantitative estimate of drug-likeness (QED) is 0.495. The van der Waals surface area contributed by atoms with E-state index in [-0.39, 0.29) is 0 Å². The Kier molecular flexibility index (Phi) is 1.81. The molecule has 0 aliphatic carbocycles. The van der Waals surface area contributed by atoms with Gasteiger partial charge in [-0.1, -0.05) is 18.3 Å². The number of aryl methyl sites for hydroxylation is 1. The SMILES string of the molecule is Cc1cc(=S)[nH]c2cc(N)ccc12. The molecule has 0 aliphatic heterocycles. The van der Waals surface area contributed by atoms with Crippen LogP contribution in [0.5, 0.6) is 0 Å². The third kappa shape index (κ3) is 1.42. The number of pyridine rings is 1. The van der Waals surface area contributed by atoms with Crippen LogP contribution in [0.25, 0.3) is 10.9 Å². The fourth-order valence-corrected chi connectivity index (χ4v) is 1.74. The molecule has 1 aromatic carbocycles. The number of anilines is 1. The fraction of sp³-hybridized carbons (Fsp3) is 0.100. The van der Waals surface area contributed by atoms with Crippen molar-refractivity contribution in [3.05, 3.63) is 34.5 Å². The number of aromatic nitrogens is 1. The van der Waals surface area contributed by atoms with E-state index in [1.165, 1.54) is 10.9 Å². The largest absolute Gasteiger partial charge is 0.399 e. The second kappa shape index (κ2) is 2.85. The number of H-pyrrole nitrogens is 1. The van der Waals surface area contributed by atoms with Crippen LogP contribution < -0.4 is 5.73 Å². The molecular weight excluding hydrogens is 180 g/mol. The summed E-state index contributed by atoms with van der Waals surface area (Å²) in [5.74, 6) is 0. The first-order chi connectivity index (χ1) is 6.16. The molecule has 0 saturated heterocycles. The molecule has 2 nitrogen and oxygen atoms in total. The molecule has 0 aliphatic rings. The van der Waals surface area contributed by atoms with E-state index in [2.05, 4.69) is 4.98 Å². The van der Waals surface area contributed by atoms with Gasteiger partial charge < -0.3 is 10.7 Å². The summed E-state index contributed by atoms with van der Waals surface area (Å²) in [6, 6.07) is 7.75. The Morgan fingerprint density at radius 2 is 2.08 bits per heavy atom. The van der Waals surface area contributed by atoms with E-state index in [1.807, 2.05) is 31.2 Å². The van der Waals surface area contributed by atoms with E-state index in [9.17, 15) is 0 Å². The molecule has 0 fully saturated rings. The first-order valence-electron chi connectivity index (χ1n) is 4.06. The second-order valence-corrected chi connectivity index (χ2v) is 3.56. The van der Waals surface area contributed by atoms with Crippen LogP contribution >= 0.6 is 12.2 Å². The number of hydrogen-bond donors (Lipinski definition) is 2. The van der Waals surface area contributed by atoms with Gasteiger partial charge in [-0.2, -0.15) is 0 Å². The summed E-state index contributed by atoms with van der Waals surface area (Å²) in [5.41, 5.74) is 8.61. The van der Waals surface area contributed by atoms with Crippen molar-refractivity contribution < 1.29 is 0 Å². The van der Waals surface area contributed by atoms with Crippen molar-refractivity contribution in [2.75, 3.05) is 5.73 Å². The summed E-state index contributed by atoms with van der Waals surface area (Å²) in [7, 11) is 0. The average molecular weight is 190 g/mol.